The van der Waals surface area contributed by atoms with Gasteiger partial charge in [-0.05, 0) is 5.56 Å². The molecule has 0 bridgehead atoms. The van der Waals surface area contributed by atoms with Crippen molar-refractivity contribution < 1.29 is 19.1 Å². The number of ether oxygens (including phenoxy) is 1. The lowest BCUT2D eigenvalue weighted by Gasteiger charge is -2.19. The molecule has 0 spiro atoms. The molecule has 1 heterocycles. The zero-order valence-electron chi connectivity index (χ0n) is 9.52. The van der Waals surface area contributed by atoms with Gasteiger partial charge in [0, 0.05) is 0 Å². The van der Waals surface area contributed by atoms with Gasteiger partial charge in [0.1, 0.15) is 6.61 Å². The van der Waals surface area contributed by atoms with Crippen molar-refractivity contribution in [3.8, 4) is 0 Å². The normalized spacial score (nSPS) is 18.1. The smallest absolute Gasteiger partial charge is 0.410 e. The fourth-order valence-electron chi connectivity index (χ4n) is 1.85. The van der Waals surface area contributed by atoms with Gasteiger partial charge in [-0.2, -0.15) is 4.79 Å². The fraction of sp³-hybridized carbons (Fsp3) is 0.250. The monoisotopic (exact) mass is 245 g/mol. The summed E-state index contributed by atoms with van der Waals surface area (Å²) < 4.78 is 4.94. The molecule has 1 aliphatic rings. The Kier molecular flexibility index (Phi) is 3.50. The van der Waals surface area contributed by atoms with Crippen LogP contribution in [-0.2, 0) is 9.53 Å². The highest BCUT2D eigenvalue weighted by Gasteiger charge is 2.35. The summed E-state index contributed by atoms with van der Waals surface area (Å²) in [5, 5.41) is 0. The van der Waals surface area contributed by atoms with E-state index >= 15 is 0 Å². The van der Waals surface area contributed by atoms with Crippen LogP contribution in [0.3, 0.4) is 0 Å². The lowest BCUT2D eigenvalue weighted by molar-refractivity contribution is -0.116. The van der Waals surface area contributed by atoms with Gasteiger partial charge < -0.3 is 10.3 Å². The van der Waals surface area contributed by atoms with Crippen LogP contribution in [0, 0.1) is 0 Å². The van der Waals surface area contributed by atoms with Crippen LogP contribution >= 0.6 is 0 Å². The summed E-state index contributed by atoms with van der Waals surface area (Å²) in [5.41, 5.74) is 9.17. The number of nitrogens with zero attached hydrogens (tertiary/aromatic N) is 3. The lowest BCUT2D eigenvalue weighted by Crippen LogP contribution is -2.33. The molecule has 0 N–H and O–H groups in total. The van der Waals surface area contributed by atoms with E-state index in [4.69, 9.17) is 10.3 Å². The molecule has 6 heteroatoms. The van der Waals surface area contributed by atoms with Crippen LogP contribution in [0.1, 0.15) is 11.6 Å². The molecule has 1 fully saturated rings. The van der Waals surface area contributed by atoms with Crippen molar-refractivity contribution in [3.05, 3.63) is 41.4 Å². The van der Waals surface area contributed by atoms with Crippen LogP contribution in [-0.4, -0.2) is 40.9 Å². The van der Waals surface area contributed by atoms with Crippen molar-refractivity contribution >= 4 is 18.1 Å². The van der Waals surface area contributed by atoms with Crippen LogP contribution in [0.5, 0.6) is 0 Å². The van der Waals surface area contributed by atoms with Crippen molar-refractivity contribution in [2.24, 2.45) is 0 Å². The average Bonchev–Trinajstić information content (AvgIpc) is 2.73. The summed E-state index contributed by atoms with van der Waals surface area (Å²) in [6.07, 6.45) is 0.233. The maximum absolute atomic E-state index is 11.5. The predicted octanol–water partition coefficient (Wildman–Crippen LogP) is 1.05. The molecular formula is C12H11N3O3. The van der Waals surface area contributed by atoms with Gasteiger partial charge in [-0.25, -0.2) is 4.79 Å². The summed E-state index contributed by atoms with van der Waals surface area (Å²) in [6, 6.07) is 9.03. The third-order valence-corrected chi connectivity index (χ3v) is 2.69. The molecule has 1 atom stereocenters. The van der Waals surface area contributed by atoms with E-state index in [1.807, 2.05) is 30.3 Å². The van der Waals surface area contributed by atoms with E-state index < -0.39 is 11.9 Å². The second-order valence-electron chi connectivity index (χ2n) is 3.84. The third-order valence-electron chi connectivity index (χ3n) is 2.69. The Morgan fingerprint density at radius 2 is 2.22 bits per heavy atom. The summed E-state index contributed by atoms with van der Waals surface area (Å²) in [6.45, 7) is 0.0504. The Morgan fingerprint density at radius 3 is 2.89 bits per heavy atom. The first kappa shape index (κ1) is 12.0. The zero-order valence-corrected chi connectivity index (χ0v) is 9.52. The van der Waals surface area contributed by atoms with Gasteiger partial charge in [-0.3, -0.25) is 9.69 Å². The van der Waals surface area contributed by atoms with E-state index in [-0.39, 0.29) is 19.2 Å². The number of carbonyl (C=O) groups excluding carboxylic acids is 2. The molecule has 1 aromatic rings. The molecule has 92 valence electrons. The van der Waals surface area contributed by atoms with Crippen molar-refractivity contribution in [2.75, 3.05) is 13.2 Å². The molecule has 1 aliphatic heterocycles. The number of benzene rings is 1. The molecule has 0 unspecified atom stereocenters. The highest BCUT2D eigenvalue weighted by Crippen LogP contribution is 2.26. The van der Waals surface area contributed by atoms with Crippen LogP contribution < -0.4 is 0 Å². The van der Waals surface area contributed by atoms with Gasteiger partial charge in [0.2, 0.25) is 0 Å². The number of hydrogen-bond acceptors (Lipinski definition) is 3. The Bertz CT molecular complexity index is 509. The first-order valence-corrected chi connectivity index (χ1v) is 5.41. The second kappa shape index (κ2) is 5.25. The van der Waals surface area contributed by atoms with E-state index in [1.54, 1.807) is 0 Å². The zero-order chi connectivity index (χ0) is 13.0. The van der Waals surface area contributed by atoms with E-state index in [2.05, 4.69) is 4.79 Å². The molecular weight excluding hydrogens is 234 g/mol. The number of amides is 1. The SMILES string of the molecule is [N-]=[N+]=CC(=O)CN1C(=O)OC[C@@H]1c1ccccc1. The highest BCUT2D eigenvalue weighted by atomic mass is 16.6. The van der Waals surface area contributed by atoms with E-state index in [9.17, 15) is 9.59 Å². The number of carbonyl (C=O) groups is 2. The Morgan fingerprint density at radius 1 is 1.50 bits per heavy atom. The van der Waals surface area contributed by atoms with Crippen molar-refractivity contribution in [1.29, 1.82) is 0 Å². The van der Waals surface area contributed by atoms with Gasteiger partial charge in [0.15, 0.2) is 0 Å². The molecule has 18 heavy (non-hydrogen) atoms. The lowest BCUT2D eigenvalue weighted by atomic mass is 10.1. The van der Waals surface area contributed by atoms with Crippen molar-refractivity contribution in [1.82, 2.24) is 4.90 Å². The topological polar surface area (TPSA) is 83.0 Å². The van der Waals surface area contributed by atoms with E-state index in [0.717, 1.165) is 11.8 Å². The van der Waals surface area contributed by atoms with Gasteiger partial charge in [0.05, 0.1) is 12.6 Å². The van der Waals surface area contributed by atoms with Gasteiger partial charge in [-0.15, -0.1) is 0 Å². The maximum Gasteiger partial charge on any atom is 0.410 e. The number of rotatable bonds is 4. The Labute approximate surface area is 103 Å². The molecule has 1 aromatic carbocycles. The van der Waals surface area contributed by atoms with Crippen molar-refractivity contribution in [2.45, 2.75) is 6.04 Å². The number of hydrogen-bond donors (Lipinski definition) is 0. The molecule has 2 rings (SSSR count). The number of ketones is 1. The van der Waals surface area contributed by atoms with Gasteiger partial charge >= 0.3 is 12.3 Å². The minimum Gasteiger partial charge on any atom is -0.447 e. The molecule has 0 saturated carbocycles. The Balaban J connectivity index is 2.18. The van der Waals surface area contributed by atoms with Gasteiger partial charge in [0.25, 0.3) is 5.78 Å². The molecule has 0 radical (unpaired) electrons. The molecule has 1 amide bonds. The summed E-state index contributed by atoms with van der Waals surface area (Å²) in [5.74, 6) is -0.461. The number of cyclic esters (lactones) is 1. The fourth-order valence-corrected chi connectivity index (χ4v) is 1.85. The second-order valence-corrected chi connectivity index (χ2v) is 3.84. The Hall–Kier alpha value is -2.46. The quantitative estimate of drug-likeness (QED) is 0.451. The number of Topliss-reactive ketones (excluding diaryl/α,β-unsaturated/α-hetero) is 1. The van der Waals surface area contributed by atoms with Crippen LogP contribution in [0.15, 0.2) is 30.3 Å². The minimum absolute atomic E-state index is 0.164. The summed E-state index contributed by atoms with van der Waals surface area (Å²) >= 11 is 0. The van der Waals surface area contributed by atoms with Crippen LogP contribution in [0.2, 0.25) is 0 Å². The van der Waals surface area contributed by atoms with E-state index in [0.29, 0.717) is 0 Å². The van der Waals surface area contributed by atoms with Crippen LogP contribution in [0.25, 0.3) is 5.53 Å². The largest absolute Gasteiger partial charge is 0.447 e. The van der Waals surface area contributed by atoms with Crippen molar-refractivity contribution in [3.63, 3.8) is 0 Å². The van der Waals surface area contributed by atoms with Gasteiger partial charge in [-0.1, -0.05) is 30.3 Å². The predicted molar refractivity (Wildman–Crippen MR) is 61.9 cm³/mol. The molecule has 6 nitrogen and oxygen atoms in total. The summed E-state index contributed by atoms with van der Waals surface area (Å²) in [7, 11) is 0. The molecule has 1 saturated heterocycles. The average molecular weight is 245 g/mol. The van der Waals surface area contributed by atoms with Crippen LogP contribution in [0.4, 0.5) is 4.79 Å². The summed E-state index contributed by atoms with van der Waals surface area (Å²) in [4.78, 5) is 26.9. The maximum atomic E-state index is 11.5. The minimum atomic E-state index is -0.538. The first-order valence-electron chi connectivity index (χ1n) is 5.41. The third kappa shape index (κ3) is 2.44. The standard InChI is InChI=1S/C12H11N3O3/c13-14-6-10(16)7-15-11(8-18-12(15)17)9-4-2-1-3-5-9/h1-6,11H,7-8H2/t11-/m1/s1. The first-order chi connectivity index (χ1) is 8.72. The highest BCUT2D eigenvalue weighted by molar-refractivity contribution is 6.26. The van der Waals surface area contributed by atoms with E-state index in [1.165, 1.54) is 4.90 Å². The molecule has 0 aromatic heterocycles. The molecule has 0 aliphatic carbocycles.